The van der Waals surface area contributed by atoms with Crippen molar-refractivity contribution < 1.29 is 14.3 Å². The molecule has 0 aromatic heterocycles. The van der Waals surface area contributed by atoms with Crippen LogP contribution in [-0.2, 0) is 4.74 Å². The van der Waals surface area contributed by atoms with Gasteiger partial charge in [-0.1, -0.05) is 18.7 Å². The minimum absolute atomic E-state index is 0.226. The first-order valence-electron chi connectivity index (χ1n) is 4.31. The number of esters is 1. The summed E-state index contributed by atoms with van der Waals surface area (Å²) in [6.45, 7) is 5.68. The highest BCUT2D eigenvalue weighted by molar-refractivity contribution is 5.94. The van der Waals surface area contributed by atoms with Gasteiger partial charge in [0.1, 0.15) is 23.7 Å². The van der Waals surface area contributed by atoms with Gasteiger partial charge >= 0.3 is 5.97 Å². The van der Waals surface area contributed by atoms with Crippen molar-refractivity contribution in [3.63, 3.8) is 0 Å². The first kappa shape index (κ1) is 8.81. The van der Waals surface area contributed by atoms with Crippen LogP contribution in [0.4, 0.5) is 0 Å². The molecule has 1 aliphatic rings. The average molecular weight is 190 g/mol. The molecule has 1 aromatic rings. The Balaban J connectivity index is 2.53. The number of carbonyl (C=O) groups is 1. The lowest BCUT2D eigenvalue weighted by Gasteiger charge is -2.06. The fourth-order valence-corrected chi connectivity index (χ4v) is 1.37. The van der Waals surface area contributed by atoms with Gasteiger partial charge in [0.15, 0.2) is 0 Å². The van der Waals surface area contributed by atoms with Crippen LogP contribution in [0.1, 0.15) is 15.9 Å². The molecule has 0 amide bonds. The van der Waals surface area contributed by atoms with Gasteiger partial charge in [-0.3, -0.25) is 0 Å². The summed E-state index contributed by atoms with van der Waals surface area (Å²) in [5.74, 6) is 0.535. The molecule has 0 fully saturated rings. The van der Waals surface area contributed by atoms with E-state index in [-0.39, 0.29) is 6.61 Å². The molecular weight excluding hydrogens is 180 g/mol. The molecule has 0 N–H and O–H groups in total. The lowest BCUT2D eigenvalue weighted by atomic mass is 10.1. The summed E-state index contributed by atoms with van der Waals surface area (Å²) in [5.41, 5.74) is 1.39. The van der Waals surface area contributed by atoms with Gasteiger partial charge in [-0.25, -0.2) is 4.79 Å². The Kier molecular flexibility index (Phi) is 2.00. The summed E-state index contributed by atoms with van der Waals surface area (Å²) in [6, 6.07) is 5.37. The molecule has 3 heteroatoms. The van der Waals surface area contributed by atoms with Crippen molar-refractivity contribution in [1.29, 1.82) is 0 Å². The number of aryl methyl sites for hydroxylation is 1. The molecule has 0 unspecified atom stereocenters. The van der Waals surface area contributed by atoms with Crippen LogP contribution in [0, 0.1) is 6.92 Å². The largest absolute Gasteiger partial charge is 0.484 e. The minimum Gasteiger partial charge on any atom is -0.484 e. The van der Waals surface area contributed by atoms with Crippen molar-refractivity contribution in [2.75, 3.05) is 6.61 Å². The number of hydrogen-bond acceptors (Lipinski definition) is 3. The fraction of sp³-hybridized carbons (Fsp3) is 0.182. The molecular formula is C11H10O3. The maximum absolute atomic E-state index is 11.5. The van der Waals surface area contributed by atoms with Gasteiger partial charge in [-0.2, -0.15) is 0 Å². The van der Waals surface area contributed by atoms with E-state index >= 15 is 0 Å². The lowest BCUT2D eigenvalue weighted by Crippen LogP contribution is -2.02. The second kappa shape index (κ2) is 3.18. The SMILES string of the molecule is C=C1COc2c(C)cccc2C(=O)O1. The number of benzene rings is 1. The van der Waals surface area contributed by atoms with Crippen molar-refractivity contribution in [2.24, 2.45) is 0 Å². The average Bonchev–Trinajstić information content (AvgIpc) is 2.28. The summed E-state index contributed by atoms with van der Waals surface area (Å²) in [4.78, 5) is 11.5. The Morgan fingerprint density at radius 1 is 1.43 bits per heavy atom. The third kappa shape index (κ3) is 1.37. The number of carbonyl (C=O) groups excluding carboxylic acids is 1. The van der Waals surface area contributed by atoms with Crippen LogP contribution < -0.4 is 4.74 Å². The molecule has 72 valence electrons. The van der Waals surface area contributed by atoms with E-state index in [0.29, 0.717) is 17.1 Å². The molecule has 1 aromatic carbocycles. The molecule has 0 bridgehead atoms. The van der Waals surface area contributed by atoms with E-state index < -0.39 is 5.97 Å². The van der Waals surface area contributed by atoms with Crippen molar-refractivity contribution in [3.8, 4) is 5.75 Å². The van der Waals surface area contributed by atoms with Crippen LogP contribution in [-0.4, -0.2) is 12.6 Å². The highest BCUT2D eigenvalue weighted by Gasteiger charge is 2.20. The van der Waals surface area contributed by atoms with Crippen LogP contribution >= 0.6 is 0 Å². The zero-order valence-corrected chi connectivity index (χ0v) is 7.87. The lowest BCUT2D eigenvalue weighted by molar-refractivity contribution is 0.0619. The number of ether oxygens (including phenoxy) is 2. The standard InChI is InChI=1S/C11H10O3/c1-7-4-3-5-9-10(7)13-6-8(2)14-11(9)12/h3-5H,2,6H2,1H3. The summed E-state index contributed by atoms with van der Waals surface area (Å²) in [5, 5.41) is 0. The summed E-state index contributed by atoms with van der Waals surface area (Å²) < 4.78 is 10.4. The van der Waals surface area contributed by atoms with E-state index in [1.165, 1.54) is 0 Å². The number of rotatable bonds is 0. The molecule has 0 aliphatic carbocycles. The van der Waals surface area contributed by atoms with Gasteiger partial charge < -0.3 is 9.47 Å². The number of cyclic esters (lactones) is 1. The summed E-state index contributed by atoms with van der Waals surface area (Å²) in [6.07, 6.45) is 0. The Morgan fingerprint density at radius 3 is 3.00 bits per heavy atom. The molecule has 2 rings (SSSR count). The summed E-state index contributed by atoms with van der Waals surface area (Å²) >= 11 is 0. The van der Waals surface area contributed by atoms with E-state index in [2.05, 4.69) is 6.58 Å². The molecule has 3 nitrogen and oxygen atoms in total. The summed E-state index contributed by atoms with van der Waals surface area (Å²) in [7, 11) is 0. The van der Waals surface area contributed by atoms with Crippen LogP contribution in [0.15, 0.2) is 30.5 Å². The quantitative estimate of drug-likeness (QED) is 0.587. The van der Waals surface area contributed by atoms with E-state index in [1.54, 1.807) is 12.1 Å². The number of para-hydroxylation sites is 1. The number of hydrogen-bond donors (Lipinski definition) is 0. The van der Waals surface area contributed by atoms with Gasteiger partial charge in [-0.05, 0) is 18.6 Å². The second-order valence-electron chi connectivity index (χ2n) is 3.17. The zero-order valence-electron chi connectivity index (χ0n) is 7.87. The van der Waals surface area contributed by atoms with Crippen LogP contribution in [0.5, 0.6) is 5.75 Å². The van der Waals surface area contributed by atoms with Gasteiger partial charge in [0.25, 0.3) is 0 Å². The van der Waals surface area contributed by atoms with Crippen LogP contribution in [0.3, 0.4) is 0 Å². The van der Waals surface area contributed by atoms with E-state index in [0.717, 1.165) is 5.56 Å². The first-order valence-corrected chi connectivity index (χ1v) is 4.31. The van der Waals surface area contributed by atoms with Gasteiger partial charge in [0, 0.05) is 0 Å². The van der Waals surface area contributed by atoms with Crippen molar-refractivity contribution in [2.45, 2.75) is 6.92 Å². The molecule has 0 spiro atoms. The molecule has 0 saturated carbocycles. The molecule has 14 heavy (non-hydrogen) atoms. The second-order valence-corrected chi connectivity index (χ2v) is 3.17. The Morgan fingerprint density at radius 2 is 2.21 bits per heavy atom. The molecule has 1 heterocycles. The Labute approximate surface area is 81.9 Å². The third-order valence-corrected chi connectivity index (χ3v) is 2.05. The van der Waals surface area contributed by atoms with Crippen molar-refractivity contribution >= 4 is 5.97 Å². The van der Waals surface area contributed by atoms with E-state index in [4.69, 9.17) is 9.47 Å². The van der Waals surface area contributed by atoms with Crippen LogP contribution in [0.25, 0.3) is 0 Å². The van der Waals surface area contributed by atoms with Gasteiger partial charge in [0.2, 0.25) is 0 Å². The minimum atomic E-state index is -0.397. The Bertz CT molecular complexity index is 407. The van der Waals surface area contributed by atoms with Gasteiger partial charge in [0.05, 0.1) is 0 Å². The van der Waals surface area contributed by atoms with E-state index in [9.17, 15) is 4.79 Å². The molecule has 0 saturated heterocycles. The highest BCUT2D eigenvalue weighted by atomic mass is 16.6. The molecule has 0 atom stereocenters. The normalized spacial score (nSPS) is 15.2. The first-order chi connectivity index (χ1) is 6.68. The van der Waals surface area contributed by atoms with E-state index in [1.807, 2.05) is 13.0 Å². The van der Waals surface area contributed by atoms with Crippen LogP contribution in [0.2, 0.25) is 0 Å². The topological polar surface area (TPSA) is 35.5 Å². The van der Waals surface area contributed by atoms with Gasteiger partial charge in [-0.15, -0.1) is 0 Å². The third-order valence-electron chi connectivity index (χ3n) is 2.05. The fourth-order valence-electron chi connectivity index (χ4n) is 1.37. The number of fused-ring (bicyclic) bond motifs is 1. The zero-order chi connectivity index (χ0) is 10.1. The smallest absolute Gasteiger partial charge is 0.347 e. The van der Waals surface area contributed by atoms with Crippen molar-refractivity contribution in [1.82, 2.24) is 0 Å². The predicted octanol–water partition coefficient (Wildman–Crippen LogP) is 2.06. The molecule has 1 aliphatic heterocycles. The maximum atomic E-state index is 11.5. The van der Waals surface area contributed by atoms with Crippen molar-refractivity contribution in [3.05, 3.63) is 41.7 Å². The Hall–Kier alpha value is -1.77. The maximum Gasteiger partial charge on any atom is 0.347 e. The molecule has 0 radical (unpaired) electrons. The highest BCUT2D eigenvalue weighted by Crippen LogP contribution is 2.27. The predicted molar refractivity (Wildman–Crippen MR) is 51.2 cm³/mol. The monoisotopic (exact) mass is 190 g/mol.